The van der Waals surface area contributed by atoms with Crippen LogP contribution in [-0.4, -0.2) is 53.2 Å². The fourth-order valence-corrected chi connectivity index (χ4v) is 4.21. The number of halogens is 2. The Morgan fingerprint density at radius 2 is 1.80 bits per heavy atom. The minimum Gasteiger partial charge on any atom is -0.454 e. The van der Waals surface area contributed by atoms with Crippen molar-refractivity contribution in [1.29, 1.82) is 0 Å². The minimum absolute atomic E-state index is 0.0244. The third-order valence-corrected chi connectivity index (χ3v) is 6.19. The molecule has 0 radical (unpaired) electrons. The van der Waals surface area contributed by atoms with Crippen LogP contribution in [0.25, 0.3) is 11.0 Å². The van der Waals surface area contributed by atoms with Crippen LogP contribution in [-0.2, 0) is 22.7 Å². The van der Waals surface area contributed by atoms with Gasteiger partial charge in [0.15, 0.2) is 17.2 Å². The van der Waals surface area contributed by atoms with Crippen molar-refractivity contribution in [2.45, 2.75) is 13.2 Å². The lowest BCUT2D eigenvalue weighted by Crippen LogP contribution is -2.51. The largest absolute Gasteiger partial charge is 0.454 e. The Morgan fingerprint density at radius 1 is 1.02 bits per heavy atom. The van der Waals surface area contributed by atoms with Crippen molar-refractivity contribution in [3.8, 4) is 0 Å². The van der Waals surface area contributed by atoms with Crippen molar-refractivity contribution in [2.75, 3.05) is 25.0 Å². The van der Waals surface area contributed by atoms with E-state index in [9.17, 15) is 28.0 Å². The number of rotatable bonds is 7. The molecule has 13 heteroatoms. The number of nitrogens with zero attached hydrogens (tertiary/aromatic N) is 2. The molecular formula is C27H22F2N4O7. The van der Waals surface area contributed by atoms with Crippen molar-refractivity contribution in [3.05, 3.63) is 89.1 Å². The number of piperazine rings is 1. The number of primary amides is 1. The van der Waals surface area contributed by atoms with Gasteiger partial charge in [-0.1, -0.05) is 30.3 Å². The summed E-state index contributed by atoms with van der Waals surface area (Å²) in [5.74, 6) is -4.82. The molecule has 1 aliphatic rings. The summed E-state index contributed by atoms with van der Waals surface area (Å²) in [6.45, 7) is 0.380. The molecule has 5 rings (SSSR count). The van der Waals surface area contributed by atoms with Crippen LogP contribution >= 0.6 is 0 Å². The molecule has 1 saturated heterocycles. The Hall–Kier alpha value is -5.20. The van der Waals surface area contributed by atoms with Crippen LogP contribution in [0.1, 0.15) is 32.4 Å². The van der Waals surface area contributed by atoms with E-state index in [4.69, 9.17) is 19.3 Å². The van der Waals surface area contributed by atoms with E-state index in [0.29, 0.717) is 6.07 Å². The zero-order chi connectivity index (χ0) is 28.4. The molecule has 11 nitrogen and oxygen atoms in total. The molecule has 1 fully saturated rings. The van der Waals surface area contributed by atoms with Gasteiger partial charge in [-0.3, -0.25) is 19.3 Å². The molecule has 0 aliphatic carbocycles. The fourth-order valence-electron chi connectivity index (χ4n) is 4.21. The maximum atomic E-state index is 14.1. The highest BCUT2D eigenvalue weighted by Crippen LogP contribution is 2.33. The number of furan rings is 2. The van der Waals surface area contributed by atoms with Gasteiger partial charge < -0.3 is 29.5 Å². The van der Waals surface area contributed by atoms with E-state index in [1.165, 1.54) is 21.9 Å². The Balaban J connectivity index is 1.21. The van der Waals surface area contributed by atoms with Crippen LogP contribution in [0.2, 0.25) is 0 Å². The summed E-state index contributed by atoms with van der Waals surface area (Å²) < 4.78 is 43.9. The summed E-state index contributed by atoms with van der Waals surface area (Å²) in [4.78, 5) is 52.4. The quantitative estimate of drug-likeness (QED) is 0.356. The predicted molar refractivity (Wildman–Crippen MR) is 135 cm³/mol. The molecule has 2 aromatic heterocycles. The van der Waals surface area contributed by atoms with E-state index in [1.807, 2.05) is 30.3 Å². The molecule has 1 aliphatic heterocycles. The molecule has 4 aromatic rings. The molecule has 0 bridgehead atoms. The Labute approximate surface area is 225 Å². The first kappa shape index (κ1) is 26.4. The highest BCUT2D eigenvalue weighted by molar-refractivity contribution is 6.13. The molecule has 3 heterocycles. The molecule has 3 N–H and O–H groups in total. The molecule has 0 unspecified atom stereocenters. The summed E-state index contributed by atoms with van der Waals surface area (Å²) in [5.41, 5.74) is 5.34. The molecule has 0 saturated carbocycles. The van der Waals surface area contributed by atoms with Crippen LogP contribution in [0.15, 0.2) is 63.4 Å². The maximum Gasteiger partial charge on any atom is 0.410 e. The predicted octanol–water partition coefficient (Wildman–Crippen LogP) is 3.64. The Bertz CT molecular complexity index is 1620. The van der Waals surface area contributed by atoms with Crippen molar-refractivity contribution in [1.82, 2.24) is 9.80 Å². The van der Waals surface area contributed by atoms with Crippen LogP contribution in [0.4, 0.5) is 19.3 Å². The van der Waals surface area contributed by atoms with Crippen molar-refractivity contribution in [2.24, 2.45) is 5.73 Å². The summed E-state index contributed by atoms with van der Waals surface area (Å²) in [6.07, 6.45) is -0.601. The van der Waals surface area contributed by atoms with Crippen LogP contribution in [0, 0.1) is 11.6 Å². The first-order valence-electron chi connectivity index (χ1n) is 12.0. The monoisotopic (exact) mass is 552 g/mol. The smallest absolute Gasteiger partial charge is 0.410 e. The van der Waals surface area contributed by atoms with Gasteiger partial charge in [0.2, 0.25) is 11.7 Å². The zero-order valence-corrected chi connectivity index (χ0v) is 20.8. The zero-order valence-electron chi connectivity index (χ0n) is 20.8. The van der Waals surface area contributed by atoms with E-state index >= 15 is 0 Å². The summed E-state index contributed by atoms with van der Waals surface area (Å²) in [6, 6.07) is 13.4. The van der Waals surface area contributed by atoms with Crippen molar-refractivity contribution < 1.29 is 41.5 Å². The first-order valence-corrected chi connectivity index (χ1v) is 12.0. The average Bonchev–Trinajstić information content (AvgIpc) is 3.54. The fraction of sp³-hybridized carbons (Fsp3) is 0.185. The number of hydrogen-bond donors (Lipinski definition) is 2. The molecule has 2 aromatic carbocycles. The highest BCUT2D eigenvalue weighted by Gasteiger charge is 2.29. The number of carbonyl (C=O) groups excluding carboxylic acids is 4. The van der Waals surface area contributed by atoms with Crippen LogP contribution in [0.5, 0.6) is 0 Å². The summed E-state index contributed by atoms with van der Waals surface area (Å²) in [5, 5.41) is 2.16. The van der Waals surface area contributed by atoms with Gasteiger partial charge in [0.05, 0.1) is 11.9 Å². The van der Waals surface area contributed by atoms with Crippen LogP contribution < -0.4 is 11.1 Å². The SMILES string of the molecule is NC(=O)c1oc2c(F)cc(F)cc2c1NC(=O)c1ccc(CN2CCN(C(=O)OCc3ccccc3)CC2=O)o1. The number of amides is 4. The number of benzene rings is 2. The molecule has 206 valence electrons. The van der Waals surface area contributed by atoms with Crippen LogP contribution in [0.3, 0.4) is 0 Å². The lowest BCUT2D eigenvalue weighted by molar-refractivity contribution is -0.136. The maximum absolute atomic E-state index is 14.1. The van der Waals surface area contributed by atoms with E-state index in [0.717, 1.165) is 11.6 Å². The van der Waals surface area contributed by atoms with Gasteiger partial charge in [-0.05, 0) is 23.8 Å². The molecule has 40 heavy (non-hydrogen) atoms. The Kier molecular flexibility index (Phi) is 7.19. The number of nitrogens with two attached hydrogens (primary N) is 1. The van der Waals surface area contributed by atoms with Gasteiger partial charge in [-0.25, -0.2) is 13.6 Å². The van der Waals surface area contributed by atoms with Gasteiger partial charge in [0.25, 0.3) is 11.8 Å². The lowest BCUT2D eigenvalue weighted by atomic mass is 10.2. The van der Waals surface area contributed by atoms with E-state index in [-0.39, 0.29) is 61.3 Å². The van der Waals surface area contributed by atoms with Gasteiger partial charge >= 0.3 is 6.09 Å². The average molecular weight is 552 g/mol. The van der Waals surface area contributed by atoms with Crippen molar-refractivity contribution >= 4 is 40.5 Å². The topological polar surface area (TPSA) is 148 Å². The number of anilines is 1. The standard InChI is InChI=1S/C27H22F2N4O7/c28-16-10-18-22(24(25(30)35)40-23(18)19(29)11-16)31-26(36)20-7-6-17(39-20)12-32-8-9-33(13-21(32)34)27(37)38-14-15-4-2-1-3-5-15/h1-7,10-11H,8-9,12-14H2,(H2,30,35)(H,31,36). The second kappa shape index (κ2) is 10.9. The molecule has 4 amide bonds. The van der Waals surface area contributed by atoms with Gasteiger partial charge in [0.1, 0.15) is 30.4 Å². The highest BCUT2D eigenvalue weighted by atomic mass is 19.1. The summed E-state index contributed by atoms with van der Waals surface area (Å²) >= 11 is 0. The van der Waals surface area contributed by atoms with Gasteiger partial charge in [-0.15, -0.1) is 0 Å². The van der Waals surface area contributed by atoms with Gasteiger partial charge in [-0.2, -0.15) is 0 Å². The number of nitrogens with one attached hydrogen (secondary N) is 1. The second-order valence-corrected chi connectivity index (χ2v) is 8.93. The normalized spacial score (nSPS) is 13.5. The third kappa shape index (κ3) is 5.48. The first-order chi connectivity index (χ1) is 19.2. The second-order valence-electron chi connectivity index (χ2n) is 8.93. The Morgan fingerprint density at radius 3 is 2.52 bits per heavy atom. The number of fused-ring (bicyclic) bond motifs is 1. The number of hydrogen-bond acceptors (Lipinski definition) is 7. The summed E-state index contributed by atoms with van der Waals surface area (Å²) in [7, 11) is 0. The van der Waals surface area contributed by atoms with Gasteiger partial charge in [0, 0.05) is 19.2 Å². The van der Waals surface area contributed by atoms with Crippen molar-refractivity contribution in [3.63, 3.8) is 0 Å². The minimum atomic E-state index is -1.10. The number of ether oxygens (including phenoxy) is 1. The van der Waals surface area contributed by atoms with E-state index in [2.05, 4.69) is 5.32 Å². The van der Waals surface area contributed by atoms with E-state index < -0.39 is 40.9 Å². The molecule has 0 atom stereocenters. The molecular weight excluding hydrogens is 530 g/mol. The lowest BCUT2D eigenvalue weighted by Gasteiger charge is -2.33. The molecule has 0 spiro atoms. The van der Waals surface area contributed by atoms with E-state index in [1.54, 1.807) is 0 Å². The third-order valence-electron chi connectivity index (χ3n) is 6.19. The number of carbonyl (C=O) groups is 4.